The normalized spacial score (nSPS) is 22.4. The van der Waals surface area contributed by atoms with Gasteiger partial charge in [0.15, 0.2) is 5.76 Å². The molecule has 2 N–H and O–H groups in total. The highest BCUT2D eigenvalue weighted by Gasteiger charge is 2.40. The van der Waals surface area contributed by atoms with Gasteiger partial charge in [-0.25, -0.2) is 0 Å². The number of anilines is 1. The van der Waals surface area contributed by atoms with E-state index in [-0.39, 0.29) is 23.6 Å². The summed E-state index contributed by atoms with van der Waals surface area (Å²) in [5, 5.41) is 6.00. The second kappa shape index (κ2) is 9.01. The van der Waals surface area contributed by atoms with Crippen molar-refractivity contribution < 1.29 is 14.0 Å². The van der Waals surface area contributed by atoms with Gasteiger partial charge in [-0.3, -0.25) is 14.5 Å². The first-order valence-electron chi connectivity index (χ1n) is 11.2. The summed E-state index contributed by atoms with van der Waals surface area (Å²) in [7, 11) is 0. The van der Waals surface area contributed by atoms with Crippen LogP contribution in [0.5, 0.6) is 0 Å². The summed E-state index contributed by atoms with van der Waals surface area (Å²) in [6.07, 6.45) is 5.85. The highest BCUT2D eigenvalue weighted by atomic mass is 16.3. The Hall–Kier alpha value is -3.38. The van der Waals surface area contributed by atoms with Crippen LogP contribution in [-0.2, 0) is 6.54 Å². The van der Waals surface area contributed by atoms with Crippen molar-refractivity contribution in [2.24, 2.45) is 0 Å². The van der Waals surface area contributed by atoms with Crippen LogP contribution in [0.25, 0.3) is 0 Å². The van der Waals surface area contributed by atoms with Gasteiger partial charge in [0.25, 0.3) is 11.8 Å². The topological polar surface area (TPSA) is 74.6 Å². The Morgan fingerprint density at radius 1 is 0.875 bits per heavy atom. The third-order valence-corrected chi connectivity index (χ3v) is 6.58. The van der Waals surface area contributed by atoms with E-state index in [1.165, 1.54) is 24.7 Å². The molecule has 2 saturated heterocycles. The van der Waals surface area contributed by atoms with Crippen LogP contribution < -0.4 is 10.6 Å². The lowest BCUT2D eigenvalue weighted by molar-refractivity contribution is 0.0827. The van der Waals surface area contributed by atoms with Crippen molar-refractivity contribution in [1.29, 1.82) is 0 Å². The zero-order chi connectivity index (χ0) is 21.9. The summed E-state index contributed by atoms with van der Waals surface area (Å²) in [4.78, 5) is 27.5. The molecule has 3 heterocycles. The molecule has 0 saturated carbocycles. The van der Waals surface area contributed by atoms with Gasteiger partial charge < -0.3 is 15.1 Å². The lowest BCUT2D eigenvalue weighted by Crippen LogP contribution is -2.49. The van der Waals surface area contributed by atoms with Gasteiger partial charge in [0.2, 0.25) is 0 Å². The minimum absolute atomic E-state index is 0.0604. The van der Waals surface area contributed by atoms with Crippen LogP contribution in [0.15, 0.2) is 77.4 Å². The van der Waals surface area contributed by atoms with Gasteiger partial charge in [-0.05, 0) is 67.6 Å². The number of hydrogen-bond donors (Lipinski definition) is 2. The number of furan rings is 1. The average Bonchev–Trinajstić information content (AvgIpc) is 3.42. The summed E-state index contributed by atoms with van der Waals surface area (Å²) in [6, 6.07) is 22.1. The van der Waals surface area contributed by atoms with Crippen LogP contribution in [0.4, 0.5) is 5.69 Å². The van der Waals surface area contributed by atoms with E-state index < -0.39 is 0 Å². The lowest BCUT2D eigenvalue weighted by Gasteiger charge is -2.39. The maximum Gasteiger partial charge on any atom is 0.291 e. The van der Waals surface area contributed by atoms with Crippen molar-refractivity contribution >= 4 is 17.5 Å². The van der Waals surface area contributed by atoms with Gasteiger partial charge in [0.1, 0.15) is 0 Å². The van der Waals surface area contributed by atoms with Gasteiger partial charge in [-0.15, -0.1) is 0 Å². The van der Waals surface area contributed by atoms with E-state index in [0.717, 1.165) is 19.4 Å². The molecule has 2 atom stereocenters. The van der Waals surface area contributed by atoms with Gasteiger partial charge >= 0.3 is 0 Å². The molecule has 2 aliphatic heterocycles. The average molecular weight is 430 g/mol. The number of carbonyl (C=O) groups is 2. The van der Waals surface area contributed by atoms with Crippen LogP contribution in [0.3, 0.4) is 0 Å². The first-order valence-corrected chi connectivity index (χ1v) is 11.2. The van der Waals surface area contributed by atoms with Crippen molar-refractivity contribution in [3.8, 4) is 0 Å². The zero-order valence-corrected chi connectivity index (χ0v) is 17.9. The standard InChI is InChI=1S/C26H27N3O3/c30-25(19-8-10-20(11-9-19)27-26(31)24-7-4-14-32-24)28-21-15-22-12-13-23(16-21)29(22)17-18-5-2-1-3-6-18/h1-11,14,21-23H,12-13,15-17H2,(H,27,31)(H,28,30). The van der Waals surface area contributed by atoms with E-state index in [0.29, 0.717) is 23.3 Å². The van der Waals surface area contributed by atoms with E-state index >= 15 is 0 Å². The second-order valence-electron chi connectivity index (χ2n) is 8.69. The Bertz CT molecular complexity index is 1050. The Labute approximate surface area is 187 Å². The highest BCUT2D eigenvalue weighted by molar-refractivity contribution is 6.02. The molecule has 2 aliphatic rings. The van der Waals surface area contributed by atoms with Crippen molar-refractivity contribution in [2.45, 2.75) is 50.4 Å². The molecule has 1 aromatic heterocycles. The van der Waals surface area contributed by atoms with Crippen LogP contribution in [-0.4, -0.2) is 34.8 Å². The summed E-state index contributed by atoms with van der Waals surface area (Å²) in [5.74, 6) is -0.125. The van der Waals surface area contributed by atoms with E-state index in [1.54, 1.807) is 36.4 Å². The molecule has 164 valence electrons. The summed E-state index contributed by atoms with van der Waals surface area (Å²) in [6.45, 7) is 0.988. The maximum absolute atomic E-state index is 12.8. The molecule has 6 heteroatoms. The monoisotopic (exact) mass is 429 g/mol. The molecule has 32 heavy (non-hydrogen) atoms. The van der Waals surface area contributed by atoms with Crippen molar-refractivity contribution in [1.82, 2.24) is 10.2 Å². The first kappa shape index (κ1) is 20.5. The minimum atomic E-state index is -0.315. The van der Waals surface area contributed by atoms with E-state index in [9.17, 15) is 9.59 Å². The first-order chi connectivity index (χ1) is 15.7. The second-order valence-corrected chi connectivity index (χ2v) is 8.69. The van der Waals surface area contributed by atoms with Crippen molar-refractivity contribution in [3.05, 3.63) is 89.9 Å². The fraction of sp³-hybridized carbons (Fsp3) is 0.308. The number of amides is 2. The molecule has 2 unspecified atom stereocenters. The smallest absolute Gasteiger partial charge is 0.291 e. The summed E-state index contributed by atoms with van der Waals surface area (Å²) >= 11 is 0. The largest absolute Gasteiger partial charge is 0.459 e. The molecular weight excluding hydrogens is 402 g/mol. The van der Waals surface area contributed by atoms with E-state index in [2.05, 4.69) is 45.9 Å². The number of rotatable bonds is 6. The number of benzene rings is 2. The SMILES string of the molecule is O=C(NC1CC2CCC(C1)N2Cc1ccccc1)c1ccc(NC(=O)c2ccco2)cc1. The molecule has 2 bridgehead atoms. The van der Waals surface area contributed by atoms with Crippen molar-refractivity contribution in [3.63, 3.8) is 0 Å². The molecule has 3 aromatic rings. The van der Waals surface area contributed by atoms with Crippen LogP contribution in [0, 0.1) is 0 Å². The molecule has 6 nitrogen and oxygen atoms in total. The molecule has 0 spiro atoms. The third-order valence-electron chi connectivity index (χ3n) is 6.58. The predicted octanol–water partition coefficient (Wildman–Crippen LogP) is 4.46. The Morgan fingerprint density at radius 2 is 1.59 bits per heavy atom. The van der Waals surface area contributed by atoms with Crippen molar-refractivity contribution in [2.75, 3.05) is 5.32 Å². The molecular formula is C26H27N3O3. The van der Waals surface area contributed by atoms with E-state index in [1.807, 2.05) is 0 Å². The number of nitrogens with one attached hydrogen (secondary N) is 2. The van der Waals surface area contributed by atoms with Gasteiger partial charge in [-0.2, -0.15) is 0 Å². The molecule has 0 aliphatic carbocycles. The molecule has 2 fully saturated rings. The highest BCUT2D eigenvalue weighted by Crippen LogP contribution is 2.37. The maximum atomic E-state index is 12.8. The Morgan fingerprint density at radius 3 is 2.25 bits per heavy atom. The zero-order valence-electron chi connectivity index (χ0n) is 17.9. The number of nitrogens with zero attached hydrogens (tertiary/aromatic N) is 1. The number of hydrogen-bond acceptors (Lipinski definition) is 4. The van der Waals surface area contributed by atoms with Crippen LogP contribution >= 0.6 is 0 Å². The van der Waals surface area contributed by atoms with Crippen LogP contribution in [0.2, 0.25) is 0 Å². The Kier molecular flexibility index (Phi) is 5.77. The van der Waals surface area contributed by atoms with Gasteiger partial charge in [0, 0.05) is 35.9 Å². The number of carbonyl (C=O) groups excluding carboxylic acids is 2. The van der Waals surface area contributed by atoms with Gasteiger partial charge in [0.05, 0.1) is 6.26 Å². The molecule has 0 radical (unpaired) electrons. The number of piperidine rings is 1. The van der Waals surface area contributed by atoms with E-state index in [4.69, 9.17) is 4.42 Å². The van der Waals surface area contributed by atoms with Gasteiger partial charge in [-0.1, -0.05) is 30.3 Å². The summed E-state index contributed by atoms with van der Waals surface area (Å²) < 4.78 is 5.10. The predicted molar refractivity (Wildman–Crippen MR) is 122 cm³/mol. The molecule has 2 aromatic carbocycles. The lowest BCUT2D eigenvalue weighted by atomic mass is 9.96. The fourth-order valence-corrected chi connectivity index (χ4v) is 5.02. The summed E-state index contributed by atoms with van der Waals surface area (Å²) in [5.41, 5.74) is 2.57. The third kappa shape index (κ3) is 4.46. The number of fused-ring (bicyclic) bond motifs is 2. The Balaban J connectivity index is 1.16. The molecule has 5 rings (SSSR count). The minimum Gasteiger partial charge on any atom is -0.459 e. The van der Waals surface area contributed by atoms with Crippen LogP contribution in [0.1, 0.15) is 52.2 Å². The molecule has 2 amide bonds. The fourth-order valence-electron chi connectivity index (χ4n) is 5.02. The quantitative estimate of drug-likeness (QED) is 0.607.